The molecular weight excluding hydrogens is 355 g/mol. The molecule has 1 N–H and O–H groups in total. The number of hydrogen-bond donors (Lipinski definition) is 1. The van der Waals surface area contributed by atoms with Crippen molar-refractivity contribution in [2.24, 2.45) is 0 Å². The lowest BCUT2D eigenvalue weighted by Crippen LogP contribution is -2.40. The van der Waals surface area contributed by atoms with Crippen molar-refractivity contribution in [3.63, 3.8) is 0 Å². The van der Waals surface area contributed by atoms with E-state index in [1.54, 1.807) is 4.90 Å². The summed E-state index contributed by atoms with van der Waals surface area (Å²) >= 11 is 11.7. The SMILES string of the molecule is C[C@@H](OC(=O)CNC(=O)c1ccc(Cl)cc1Cl)C(=O)N1CCCC1. The standard InChI is InChI=1S/C16H18Cl2N2O4/c1-10(16(23)20-6-2-3-7-20)24-14(21)9-19-15(22)12-5-4-11(17)8-13(12)18/h4-5,8,10H,2-3,6-7,9H2,1H3,(H,19,22)/t10-/m1/s1. The summed E-state index contributed by atoms with van der Waals surface area (Å²) in [5.41, 5.74) is 0.204. The lowest BCUT2D eigenvalue weighted by atomic mass is 10.2. The van der Waals surface area contributed by atoms with Crippen molar-refractivity contribution >= 4 is 41.0 Å². The second-order valence-corrected chi connectivity index (χ2v) is 6.31. The minimum atomic E-state index is -0.869. The number of nitrogens with one attached hydrogen (secondary N) is 1. The lowest BCUT2D eigenvalue weighted by Gasteiger charge is -2.20. The maximum atomic E-state index is 12.0. The Morgan fingerprint density at radius 1 is 1.25 bits per heavy atom. The molecule has 1 aliphatic heterocycles. The van der Waals surface area contributed by atoms with E-state index in [1.807, 2.05) is 0 Å². The van der Waals surface area contributed by atoms with E-state index in [0.717, 1.165) is 12.8 Å². The summed E-state index contributed by atoms with van der Waals surface area (Å²) in [4.78, 5) is 37.5. The molecule has 6 nitrogen and oxygen atoms in total. The highest BCUT2D eigenvalue weighted by molar-refractivity contribution is 6.36. The molecule has 0 radical (unpaired) electrons. The van der Waals surface area contributed by atoms with Crippen molar-refractivity contribution in [2.75, 3.05) is 19.6 Å². The number of benzene rings is 1. The summed E-state index contributed by atoms with van der Waals surface area (Å²) in [5, 5.41) is 3.00. The molecule has 1 aromatic rings. The van der Waals surface area contributed by atoms with Crippen LogP contribution in [0.2, 0.25) is 10.0 Å². The van der Waals surface area contributed by atoms with Gasteiger partial charge in [0.25, 0.3) is 11.8 Å². The van der Waals surface area contributed by atoms with E-state index in [-0.39, 0.29) is 23.0 Å². The monoisotopic (exact) mass is 372 g/mol. The fourth-order valence-electron chi connectivity index (χ4n) is 2.41. The van der Waals surface area contributed by atoms with Crippen molar-refractivity contribution in [3.05, 3.63) is 33.8 Å². The van der Waals surface area contributed by atoms with Crippen LogP contribution in [-0.4, -0.2) is 48.4 Å². The molecule has 1 aromatic carbocycles. The van der Waals surface area contributed by atoms with E-state index in [2.05, 4.69) is 5.32 Å². The van der Waals surface area contributed by atoms with Gasteiger partial charge in [-0.25, -0.2) is 0 Å². The Kier molecular flexibility index (Phi) is 6.45. The topological polar surface area (TPSA) is 75.7 Å². The van der Waals surface area contributed by atoms with Gasteiger partial charge in [-0.15, -0.1) is 0 Å². The largest absolute Gasteiger partial charge is 0.451 e. The highest BCUT2D eigenvalue weighted by Gasteiger charge is 2.26. The predicted molar refractivity (Wildman–Crippen MR) is 90.2 cm³/mol. The molecule has 0 aliphatic carbocycles. The van der Waals surface area contributed by atoms with Gasteiger partial charge in [0.1, 0.15) is 6.54 Å². The molecule has 24 heavy (non-hydrogen) atoms. The Morgan fingerprint density at radius 3 is 2.54 bits per heavy atom. The molecule has 2 amide bonds. The summed E-state index contributed by atoms with van der Waals surface area (Å²) in [5.74, 6) is -1.42. The van der Waals surface area contributed by atoms with Gasteiger partial charge in [0.05, 0.1) is 10.6 Å². The van der Waals surface area contributed by atoms with Crippen molar-refractivity contribution in [1.29, 1.82) is 0 Å². The molecule has 0 aromatic heterocycles. The first-order chi connectivity index (χ1) is 11.4. The van der Waals surface area contributed by atoms with Crippen molar-refractivity contribution in [3.8, 4) is 0 Å². The van der Waals surface area contributed by atoms with Gasteiger partial charge < -0.3 is 15.0 Å². The van der Waals surface area contributed by atoms with Crippen LogP contribution in [0, 0.1) is 0 Å². The lowest BCUT2D eigenvalue weighted by molar-refractivity contribution is -0.157. The maximum absolute atomic E-state index is 12.0. The number of likely N-dealkylation sites (tertiary alicyclic amines) is 1. The van der Waals surface area contributed by atoms with E-state index in [1.165, 1.54) is 25.1 Å². The van der Waals surface area contributed by atoms with Crippen LogP contribution in [0.1, 0.15) is 30.1 Å². The molecule has 1 fully saturated rings. The summed E-state index contributed by atoms with van der Waals surface area (Å²) in [6, 6.07) is 4.43. The summed E-state index contributed by atoms with van der Waals surface area (Å²) in [6.07, 6.45) is 1.06. The van der Waals surface area contributed by atoms with Crippen molar-refractivity contribution < 1.29 is 19.1 Å². The molecular formula is C16H18Cl2N2O4. The number of halogens is 2. The number of carbonyl (C=O) groups excluding carboxylic acids is 3. The first-order valence-electron chi connectivity index (χ1n) is 7.60. The van der Waals surface area contributed by atoms with E-state index in [4.69, 9.17) is 27.9 Å². The van der Waals surface area contributed by atoms with Crippen LogP contribution in [0.4, 0.5) is 0 Å². The van der Waals surface area contributed by atoms with E-state index < -0.39 is 18.0 Å². The minimum absolute atomic E-state index is 0.186. The first-order valence-corrected chi connectivity index (χ1v) is 8.35. The van der Waals surface area contributed by atoms with E-state index in [9.17, 15) is 14.4 Å². The Bertz CT molecular complexity index is 645. The number of hydrogen-bond acceptors (Lipinski definition) is 4. The van der Waals surface area contributed by atoms with Crippen LogP contribution >= 0.6 is 23.2 Å². The van der Waals surface area contributed by atoms with E-state index >= 15 is 0 Å². The minimum Gasteiger partial charge on any atom is -0.451 e. The number of ether oxygens (including phenoxy) is 1. The van der Waals surface area contributed by atoms with Crippen LogP contribution in [-0.2, 0) is 14.3 Å². The summed E-state index contributed by atoms with van der Waals surface area (Å²) in [6.45, 7) is 2.55. The summed E-state index contributed by atoms with van der Waals surface area (Å²) in [7, 11) is 0. The van der Waals surface area contributed by atoms with Gasteiger partial charge in [0.15, 0.2) is 6.10 Å². The second-order valence-electron chi connectivity index (χ2n) is 5.47. The Morgan fingerprint density at radius 2 is 1.92 bits per heavy atom. The van der Waals surface area contributed by atoms with Crippen molar-refractivity contribution in [2.45, 2.75) is 25.9 Å². The average Bonchev–Trinajstić information content (AvgIpc) is 3.06. The zero-order valence-corrected chi connectivity index (χ0v) is 14.7. The van der Waals surface area contributed by atoms with Gasteiger partial charge in [-0.2, -0.15) is 0 Å². The molecule has 8 heteroatoms. The highest BCUT2D eigenvalue weighted by atomic mass is 35.5. The van der Waals surface area contributed by atoms with Crippen molar-refractivity contribution in [1.82, 2.24) is 10.2 Å². The highest BCUT2D eigenvalue weighted by Crippen LogP contribution is 2.20. The zero-order valence-electron chi connectivity index (χ0n) is 13.2. The average molecular weight is 373 g/mol. The number of rotatable bonds is 5. The van der Waals surface area contributed by atoms with Gasteiger partial charge in [0.2, 0.25) is 0 Å². The van der Waals surface area contributed by atoms with Crippen LogP contribution < -0.4 is 5.32 Å². The van der Waals surface area contributed by atoms with Crippen LogP contribution in [0.15, 0.2) is 18.2 Å². The molecule has 130 valence electrons. The van der Waals surface area contributed by atoms with Gasteiger partial charge in [-0.05, 0) is 38.0 Å². The Hall–Kier alpha value is -1.79. The Labute approximate surface area is 150 Å². The molecule has 0 saturated carbocycles. The van der Waals surface area contributed by atoms with Gasteiger partial charge in [-0.3, -0.25) is 14.4 Å². The molecule has 0 spiro atoms. The van der Waals surface area contributed by atoms with Crippen LogP contribution in [0.3, 0.4) is 0 Å². The number of nitrogens with zero attached hydrogens (tertiary/aromatic N) is 1. The van der Waals surface area contributed by atoms with Crippen LogP contribution in [0.25, 0.3) is 0 Å². The molecule has 1 saturated heterocycles. The third-order valence-corrected chi connectivity index (χ3v) is 4.19. The fourth-order valence-corrected chi connectivity index (χ4v) is 2.90. The normalized spacial score (nSPS) is 15.0. The second kappa shape index (κ2) is 8.35. The Balaban J connectivity index is 1.81. The quantitative estimate of drug-likeness (QED) is 0.804. The smallest absolute Gasteiger partial charge is 0.326 e. The summed E-state index contributed by atoms with van der Waals surface area (Å²) < 4.78 is 5.06. The maximum Gasteiger partial charge on any atom is 0.326 e. The van der Waals surface area contributed by atoms with Gasteiger partial charge >= 0.3 is 5.97 Å². The third-order valence-electron chi connectivity index (χ3n) is 3.64. The molecule has 0 unspecified atom stereocenters. The number of amides is 2. The molecule has 0 bridgehead atoms. The first kappa shape index (κ1) is 18.5. The molecule has 2 rings (SSSR count). The van der Waals surface area contributed by atoms with Gasteiger partial charge in [0, 0.05) is 18.1 Å². The molecule has 1 heterocycles. The van der Waals surface area contributed by atoms with E-state index in [0.29, 0.717) is 18.1 Å². The fraction of sp³-hybridized carbons (Fsp3) is 0.438. The van der Waals surface area contributed by atoms with Gasteiger partial charge in [-0.1, -0.05) is 23.2 Å². The predicted octanol–water partition coefficient (Wildman–Crippen LogP) is 2.28. The number of esters is 1. The molecule has 1 atom stereocenters. The molecule has 1 aliphatic rings. The zero-order chi connectivity index (χ0) is 17.7. The third kappa shape index (κ3) is 4.85. The van der Waals surface area contributed by atoms with Crippen LogP contribution in [0.5, 0.6) is 0 Å². The number of carbonyl (C=O) groups is 3.